The molecule has 1 N–H and O–H groups in total. The normalized spacial score (nSPS) is 12.2. The van der Waals surface area contributed by atoms with Crippen LogP contribution in [-0.2, 0) is 4.74 Å². The Morgan fingerprint density at radius 3 is 2.83 bits per heavy atom. The molecule has 0 fully saturated rings. The molecule has 1 aromatic rings. The lowest BCUT2D eigenvalue weighted by Crippen LogP contribution is -2.23. The number of rotatable bonds is 7. The summed E-state index contributed by atoms with van der Waals surface area (Å²) in [6.45, 7) is 2.41. The summed E-state index contributed by atoms with van der Waals surface area (Å²) >= 11 is 5.83. The van der Waals surface area contributed by atoms with Crippen molar-refractivity contribution in [3.05, 3.63) is 33.3 Å². The number of non-ortho nitro benzene ring substituents is 1. The molecule has 0 heterocycles. The Labute approximate surface area is 109 Å². The molecule has 1 aromatic carbocycles. The van der Waals surface area contributed by atoms with Gasteiger partial charge in [-0.25, -0.2) is 0 Å². The number of ether oxygens (including phenoxy) is 2. The molecule has 0 bridgehead atoms. The van der Waals surface area contributed by atoms with Crippen LogP contribution in [0.2, 0.25) is 5.02 Å². The number of hydrogen-bond donors (Lipinski definition) is 1. The van der Waals surface area contributed by atoms with Gasteiger partial charge < -0.3 is 14.6 Å². The van der Waals surface area contributed by atoms with E-state index in [-0.39, 0.29) is 29.7 Å². The molecule has 0 aromatic heterocycles. The standard InChI is InChI=1S/C11H14ClNO5/c1-2-17-6-9(14)7-18-11-5-8(13(15)16)3-4-10(11)12/h3-5,9,14H,2,6-7H2,1H3/t9-/m1/s1. The van der Waals surface area contributed by atoms with Crippen molar-refractivity contribution < 1.29 is 19.5 Å². The summed E-state index contributed by atoms with van der Waals surface area (Å²) in [6.07, 6.45) is -0.805. The number of aliphatic hydroxyl groups excluding tert-OH is 1. The predicted octanol–water partition coefficient (Wildman–Crippen LogP) is 2.02. The van der Waals surface area contributed by atoms with Crippen LogP contribution in [0.5, 0.6) is 5.75 Å². The van der Waals surface area contributed by atoms with E-state index in [1.165, 1.54) is 18.2 Å². The third-order valence-corrected chi connectivity index (χ3v) is 2.38. The molecular formula is C11H14ClNO5. The number of hydrogen-bond acceptors (Lipinski definition) is 5. The maximum atomic E-state index is 10.6. The first kappa shape index (κ1) is 14.7. The molecule has 0 aliphatic carbocycles. The van der Waals surface area contributed by atoms with Crippen molar-refractivity contribution in [3.63, 3.8) is 0 Å². The SMILES string of the molecule is CCOC[C@@H](O)COc1cc([N+](=O)[O-])ccc1Cl. The van der Waals surface area contributed by atoms with Gasteiger partial charge in [-0.2, -0.15) is 0 Å². The van der Waals surface area contributed by atoms with Gasteiger partial charge >= 0.3 is 0 Å². The minimum Gasteiger partial charge on any atom is -0.489 e. The number of aliphatic hydroxyl groups is 1. The van der Waals surface area contributed by atoms with Gasteiger partial charge in [0.05, 0.1) is 22.6 Å². The van der Waals surface area contributed by atoms with Crippen LogP contribution in [0.15, 0.2) is 18.2 Å². The average molecular weight is 276 g/mol. The van der Waals surface area contributed by atoms with Crippen molar-refractivity contribution in [2.45, 2.75) is 13.0 Å². The Hall–Kier alpha value is -1.37. The average Bonchev–Trinajstić information content (AvgIpc) is 2.35. The van der Waals surface area contributed by atoms with Crippen LogP contribution in [0.1, 0.15) is 6.92 Å². The van der Waals surface area contributed by atoms with Gasteiger partial charge in [-0.3, -0.25) is 10.1 Å². The van der Waals surface area contributed by atoms with E-state index >= 15 is 0 Å². The van der Waals surface area contributed by atoms with Crippen LogP contribution in [0.4, 0.5) is 5.69 Å². The van der Waals surface area contributed by atoms with E-state index in [0.717, 1.165) is 0 Å². The Morgan fingerprint density at radius 2 is 2.22 bits per heavy atom. The first-order chi connectivity index (χ1) is 8.54. The highest BCUT2D eigenvalue weighted by Gasteiger charge is 2.12. The van der Waals surface area contributed by atoms with Gasteiger partial charge in [-0.1, -0.05) is 11.6 Å². The van der Waals surface area contributed by atoms with E-state index in [9.17, 15) is 15.2 Å². The van der Waals surface area contributed by atoms with Gasteiger partial charge in [0.2, 0.25) is 0 Å². The second kappa shape index (κ2) is 7.15. The fourth-order valence-corrected chi connectivity index (χ4v) is 1.38. The monoisotopic (exact) mass is 275 g/mol. The first-order valence-electron chi connectivity index (χ1n) is 5.37. The topological polar surface area (TPSA) is 81.8 Å². The number of halogens is 1. The highest BCUT2D eigenvalue weighted by molar-refractivity contribution is 6.32. The molecule has 7 heteroatoms. The van der Waals surface area contributed by atoms with E-state index in [1.807, 2.05) is 6.92 Å². The van der Waals surface area contributed by atoms with E-state index in [2.05, 4.69) is 0 Å². The Balaban J connectivity index is 2.60. The predicted molar refractivity (Wildman–Crippen MR) is 66.1 cm³/mol. The molecule has 0 unspecified atom stereocenters. The summed E-state index contributed by atoms with van der Waals surface area (Å²) in [4.78, 5) is 10.0. The van der Waals surface area contributed by atoms with Crippen LogP contribution in [0.25, 0.3) is 0 Å². The molecule has 0 aliphatic rings. The van der Waals surface area contributed by atoms with Gasteiger partial charge in [0, 0.05) is 12.7 Å². The second-order valence-electron chi connectivity index (χ2n) is 3.50. The summed E-state index contributed by atoms with van der Waals surface area (Å²) < 4.78 is 10.2. The van der Waals surface area contributed by atoms with Crippen molar-refractivity contribution in [3.8, 4) is 5.75 Å². The largest absolute Gasteiger partial charge is 0.489 e. The third-order valence-electron chi connectivity index (χ3n) is 2.07. The van der Waals surface area contributed by atoms with Crippen molar-refractivity contribution in [2.24, 2.45) is 0 Å². The lowest BCUT2D eigenvalue weighted by molar-refractivity contribution is -0.384. The fourth-order valence-electron chi connectivity index (χ4n) is 1.20. The quantitative estimate of drug-likeness (QED) is 0.608. The molecule has 100 valence electrons. The van der Waals surface area contributed by atoms with Crippen LogP contribution < -0.4 is 4.74 Å². The zero-order valence-corrected chi connectivity index (χ0v) is 10.6. The lowest BCUT2D eigenvalue weighted by atomic mass is 10.3. The smallest absolute Gasteiger partial charge is 0.273 e. The van der Waals surface area contributed by atoms with E-state index in [4.69, 9.17) is 21.1 Å². The molecule has 6 nitrogen and oxygen atoms in total. The third kappa shape index (κ3) is 4.48. The summed E-state index contributed by atoms with van der Waals surface area (Å²) in [7, 11) is 0. The Bertz CT molecular complexity index is 412. The van der Waals surface area contributed by atoms with Crippen LogP contribution in [-0.4, -0.2) is 36.0 Å². The number of benzene rings is 1. The van der Waals surface area contributed by atoms with E-state index in [1.54, 1.807) is 0 Å². The molecule has 0 amide bonds. The molecule has 0 saturated carbocycles. The van der Waals surface area contributed by atoms with Crippen LogP contribution in [0, 0.1) is 10.1 Å². The number of nitro groups is 1. The van der Waals surface area contributed by atoms with Gasteiger partial charge in [0.1, 0.15) is 18.5 Å². The maximum absolute atomic E-state index is 10.6. The minimum atomic E-state index is -0.805. The molecular weight excluding hydrogens is 262 g/mol. The molecule has 0 aliphatic heterocycles. The molecule has 0 spiro atoms. The molecule has 18 heavy (non-hydrogen) atoms. The van der Waals surface area contributed by atoms with Crippen LogP contribution >= 0.6 is 11.6 Å². The minimum absolute atomic E-state index is 0.0408. The zero-order chi connectivity index (χ0) is 13.5. The summed E-state index contributed by atoms with van der Waals surface area (Å²) in [6, 6.07) is 3.88. The van der Waals surface area contributed by atoms with Gasteiger partial charge in [-0.05, 0) is 13.0 Å². The van der Waals surface area contributed by atoms with Crippen molar-refractivity contribution in [2.75, 3.05) is 19.8 Å². The van der Waals surface area contributed by atoms with Gasteiger partial charge in [0.25, 0.3) is 5.69 Å². The van der Waals surface area contributed by atoms with Crippen molar-refractivity contribution in [1.29, 1.82) is 0 Å². The van der Waals surface area contributed by atoms with Crippen molar-refractivity contribution >= 4 is 17.3 Å². The van der Waals surface area contributed by atoms with Gasteiger partial charge in [-0.15, -0.1) is 0 Å². The fraction of sp³-hybridized carbons (Fsp3) is 0.455. The van der Waals surface area contributed by atoms with E-state index < -0.39 is 11.0 Å². The Kier molecular flexibility index (Phi) is 5.84. The number of nitrogens with zero attached hydrogens (tertiary/aromatic N) is 1. The molecule has 1 rings (SSSR count). The van der Waals surface area contributed by atoms with E-state index in [0.29, 0.717) is 6.61 Å². The maximum Gasteiger partial charge on any atom is 0.273 e. The molecule has 0 saturated heterocycles. The molecule has 0 radical (unpaired) electrons. The van der Waals surface area contributed by atoms with Crippen LogP contribution in [0.3, 0.4) is 0 Å². The Morgan fingerprint density at radius 1 is 1.50 bits per heavy atom. The summed E-state index contributed by atoms with van der Waals surface area (Å²) in [5, 5.41) is 20.3. The number of nitro benzene ring substituents is 1. The lowest BCUT2D eigenvalue weighted by Gasteiger charge is -2.12. The first-order valence-corrected chi connectivity index (χ1v) is 5.75. The highest BCUT2D eigenvalue weighted by Crippen LogP contribution is 2.28. The summed E-state index contributed by atoms with van der Waals surface area (Å²) in [5.41, 5.74) is -0.117. The zero-order valence-electron chi connectivity index (χ0n) is 9.84. The highest BCUT2D eigenvalue weighted by atomic mass is 35.5. The molecule has 1 atom stereocenters. The second-order valence-corrected chi connectivity index (χ2v) is 3.90. The summed E-state index contributed by atoms with van der Waals surface area (Å²) in [5.74, 6) is 0.168. The van der Waals surface area contributed by atoms with Gasteiger partial charge in [0.15, 0.2) is 0 Å². The van der Waals surface area contributed by atoms with Crippen molar-refractivity contribution in [1.82, 2.24) is 0 Å².